The Morgan fingerprint density at radius 3 is 2.59 bits per heavy atom. The summed E-state index contributed by atoms with van der Waals surface area (Å²) in [4.78, 5) is 2.14. The molecule has 0 radical (unpaired) electrons. The minimum Gasteiger partial charge on any atom is -0.369 e. The van der Waals surface area contributed by atoms with Crippen molar-refractivity contribution in [2.75, 3.05) is 24.5 Å². The summed E-state index contributed by atoms with van der Waals surface area (Å²) in [6.45, 7) is 2.70. The van der Waals surface area contributed by atoms with Crippen molar-refractivity contribution in [3.63, 3.8) is 0 Å². The van der Waals surface area contributed by atoms with E-state index in [1.165, 1.54) is 12.8 Å². The van der Waals surface area contributed by atoms with Gasteiger partial charge in [-0.05, 0) is 56.3 Å². The van der Waals surface area contributed by atoms with Crippen LogP contribution in [0.5, 0.6) is 0 Å². The Morgan fingerprint density at radius 2 is 1.94 bits per heavy atom. The van der Waals surface area contributed by atoms with Crippen molar-refractivity contribution in [2.24, 2.45) is 5.73 Å². The largest absolute Gasteiger partial charge is 0.369 e. The van der Waals surface area contributed by atoms with E-state index in [9.17, 15) is 4.39 Å². The Balaban J connectivity index is 2.00. The van der Waals surface area contributed by atoms with Gasteiger partial charge in [-0.25, -0.2) is 4.39 Å². The van der Waals surface area contributed by atoms with E-state index in [4.69, 9.17) is 5.73 Å². The number of nitrogens with two attached hydrogens (primary N) is 1. The summed E-state index contributed by atoms with van der Waals surface area (Å²) in [5.74, 6) is -0.0721. The molecule has 0 amide bonds. The van der Waals surface area contributed by atoms with E-state index in [0.29, 0.717) is 6.54 Å². The summed E-state index contributed by atoms with van der Waals surface area (Å²) in [5, 5.41) is 0. The van der Waals surface area contributed by atoms with Gasteiger partial charge in [-0.1, -0.05) is 6.07 Å². The number of halogens is 1. The zero-order valence-corrected chi connectivity index (χ0v) is 10.3. The topological polar surface area (TPSA) is 29.3 Å². The molecular weight excluding hydrogens is 215 g/mol. The van der Waals surface area contributed by atoms with Gasteiger partial charge in [-0.3, -0.25) is 0 Å². The normalized spacial score (nSPS) is 15.5. The predicted molar refractivity (Wildman–Crippen MR) is 69.8 cm³/mol. The van der Waals surface area contributed by atoms with Gasteiger partial charge in [0.2, 0.25) is 0 Å². The smallest absolute Gasteiger partial charge is 0.146 e. The number of benzene rings is 1. The van der Waals surface area contributed by atoms with Crippen molar-refractivity contribution in [2.45, 2.75) is 32.1 Å². The van der Waals surface area contributed by atoms with Gasteiger partial charge in [0.25, 0.3) is 0 Å². The van der Waals surface area contributed by atoms with Crippen molar-refractivity contribution in [1.82, 2.24) is 0 Å². The van der Waals surface area contributed by atoms with E-state index in [0.717, 1.165) is 43.6 Å². The fraction of sp³-hybridized carbons (Fsp3) is 0.571. The third-order valence-electron chi connectivity index (χ3n) is 3.38. The number of unbranched alkanes of at least 4 members (excludes halogenated alkanes) is 1. The maximum absolute atomic E-state index is 13.9. The van der Waals surface area contributed by atoms with Crippen molar-refractivity contribution in [3.8, 4) is 0 Å². The van der Waals surface area contributed by atoms with Crippen LogP contribution in [0.3, 0.4) is 0 Å². The van der Waals surface area contributed by atoms with E-state index in [-0.39, 0.29) is 5.82 Å². The molecular formula is C14H21FN2. The summed E-state index contributed by atoms with van der Waals surface area (Å²) in [6, 6.07) is 5.66. The summed E-state index contributed by atoms with van der Waals surface area (Å²) in [5.41, 5.74) is 7.30. The molecule has 0 aromatic heterocycles. The van der Waals surface area contributed by atoms with Crippen molar-refractivity contribution >= 4 is 5.69 Å². The highest BCUT2D eigenvalue weighted by Gasteiger charge is 2.15. The van der Waals surface area contributed by atoms with E-state index in [2.05, 4.69) is 4.90 Å². The van der Waals surface area contributed by atoms with E-state index in [1.807, 2.05) is 12.1 Å². The minimum absolute atomic E-state index is 0.0721. The lowest BCUT2D eigenvalue weighted by molar-refractivity contribution is 0.619. The number of nitrogens with zero attached hydrogens (tertiary/aromatic N) is 1. The molecule has 3 heteroatoms. The number of rotatable bonds is 5. The van der Waals surface area contributed by atoms with Crippen LogP contribution in [0.1, 0.15) is 31.2 Å². The SMILES string of the molecule is NCCCCc1ccc(N2CCCC2)c(F)c1. The summed E-state index contributed by atoms with van der Waals surface area (Å²) in [7, 11) is 0. The van der Waals surface area contributed by atoms with Crippen LogP contribution in [0.15, 0.2) is 18.2 Å². The zero-order valence-electron chi connectivity index (χ0n) is 10.3. The van der Waals surface area contributed by atoms with Crippen LogP contribution in [-0.4, -0.2) is 19.6 Å². The molecule has 94 valence electrons. The standard InChI is InChI=1S/C14H21FN2/c15-13-11-12(5-1-2-8-16)6-7-14(13)17-9-3-4-10-17/h6-7,11H,1-5,8-10,16H2. The maximum Gasteiger partial charge on any atom is 0.146 e. The molecule has 2 N–H and O–H groups in total. The lowest BCUT2D eigenvalue weighted by atomic mass is 10.1. The Hall–Kier alpha value is -1.09. The lowest BCUT2D eigenvalue weighted by Crippen LogP contribution is -2.18. The first-order valence-corrected chi connectivity index (χ1v) is 6.54. The summed E-state index contributed by atoms with van der Waals surface area (Å²) < 4.78 is 13.9. The number of anilines is 1. The van der Waals surface area contributed by atoms with Gasteiger partial charge < -0.3 is 10.6 Å². The maximum atomic E-state index is 13.9. The van der Waals surface area contributed by atoms with Gasteiger partial charge in [-0.2, -0.15) is 0 Å². The molecule has 1 aromatic carbocycles. The molecule has 0 saturated carbocycles. The first-order chi connectivity index (χ1) is 8.31. The van der Waals surface area contributed by atoms with Crippen molar-refractivity contribution in [1.29, 1.82) is 0 Å². The molecule has 0 bridgehead atoms. The molecule has 0 atom stereocenters. The predicted octanol–water partition coefficient (Wildman–Crippen LogP) is 2.71. The molecule has 1 heterocycles. The molecule has 1 aliphatic heterocycles. The van der Waals surface area contributed by atoms with Crippen LogP contribution in [0.25, 0.3) is 0 Å². The summed E-state index contributed by atoms with van der Waals surface area (Å²) in [6.07, 6.45) is 5.33. The average molecular weight is 236 g/mol. The number of hydrogen-bond acceptors (Lipinski definition) is 2. The van der Waals surface area contributed by atoms with Gasteiger partial charge in [0, 0.05) is 13.1 Å². The Bertz CT molecular complexity index is 359. The Kier molecular flexibility index (Phi) is 4.37. The molecule has 1 saturated heterocycles. The first-order valence-electron chi connectivity index (χ1n) is 6.54. The number of hydrogen-bond donors (Lipinski definition) is 1. The quantitative estimate of drug-likeness (QED) is 0.796. The van der Waals surface area contributed by atoms with E-state index in [1.54, 1.807) is 6.07 Å². The second kappa shape index (κ2) is 6.01. The third kappa shape index (κ3) is 3.19. The Morgan fingerprint density at radius 1 is 1.18 bits per heavy atom. The van der Waals surface area contributed by atoms with Crippen LogP contribution >= 0.6 is 0 Å². The molecule has 17 heavy (non-hydrogen) atoms. The molecule has 1 aliphatic rings. The third-order valence-corrected chi connectivity index (χ3v) is 3.38. The van der Waals surface area contributed by atoms with Gasteiger partial charge >= 0.3 is 0 Å². The van der Waals surface area contributed by atoms with Gasteiger partial charge in [0.1, 0.15) is 5.82 Å². The van der Waals surface area contributed by atoms with Crippen molar-refractivity contribution < 1.29 is 4.39 Å². The monoisotopic (exact) mass is 236 g/mol. The highest BCUT2D eigenvalue weighted by atomic mass is 19.1. The zero-order chi connectivity index (χ0) is 12.1. The van der Waals surface area contributed by atoms with Crippen LogP contribution in [0.4, 0.5) is 10.1 Å². The van der Waals surface area contributed by atoms with Crippen molar-refractivity contribution in [3.05, 3.63) is 29.6 Å². The fourth-order valence-corrected chi connectivity index (χ4v) is 2.39. The van der Waals surface area contributed by atoms with Gasteiger partial charge in [0.05, 0.1) is 5.69 Å². The number of aryl methyl sites for hydroxylation is 1. The van der Waals surface area contributed by atoms with E-state index >= 15 is 0 Å². The second-order valence-electron chi connectivity index (χ2n) is 4.73. The lowest BCUT2D eigenvalue weighted by Gasteiger charge is -2.18. The second-order valence-corrected chi connectivity index (χ2v) is 4.73. The van der Waals surface area contributed by atoms with Crippen LogP contribution in [0.2, 0.25) is 0 Å². The average Bonchev–Trinajstić information content (AvgIpc) is 2.83. The molecule has 1 aromatic rings. The molecule has 0 spiro atoms. The highest BCUT2D eigenvalue weighted by molar-refractivity contribution is 5.49. The first kappa shape index (κ1) is 12.4. The van der Waals surface area contributed by atoms with Crippen LogP contribution < -0.4 is 10.6 Å². The molecule has 1 fully saturated rings. The molecule has 0 aliphatic carbocycles. The highest BCUT2D eigenvalue weighted by Crippen LogP contribution is 2.24. The molecule has 2 nitrogen and oxygen atoms in total. The summed E-state index contributed by atoms with van der Waals surface area (Å²) >= 11 is 0. The Labute approximate surface area is 103 Å². The van der Waals surface area contributed by atoms with Gasteiger partial charge in [0.15, 0.2) is 0 Å². The van der Waals surface area contributed by atoms with Crippen LogP contribution in [-0.2, 0) is 6.42 Å². The fourth-order valence-electron chi connectivity index (χ4n) is 2.39. The minimum atomic E-state index is -0.0721. The van der Waals surface area contributed by atoms with E-state index < -0.39 is 0 Å². The molecule has 2 rings (SSSR count). The van der Waals surface area contributed by atoms with Crippen LogP contribution in [0, 0.1) is 5.82 Å². The van der Waals surface area contributed by atoms with Gasteiger partial charge in [-0.15, -0.1) is 0 Å². The molecule has 0 unspecified atom stereocenters.